The van der Waals surface area contributed by atoms with Crippen molar-refractivity contribution in [2.24, 2.45) is 0 Å². The Labute approximate surface area is 143 Å². The van der Waals surface area contributed by atoms with Gasteiger partial charge in [-0.05, 0) is 43.0 Å². The van der Waals surface area contributed by atoms with Crippen LogP contribution < -0.4 is 10.2 Å². The van der Waals surface area contributed by atoms with Gasteiger partial charge in [-0.2, -0.15) is 0 Å². The number of piperidine rings is 1. The molecule has 1 N–H and O–H groups in total. The summed E-state index contributed by atoms with van der Waals surface area (Å²) in [6.45, 7) is 4.88. The Morgan fingerprint density at radius 3 is 2.50 bits per heavy atom. The third-order valence-corrected chi connectivity index (χ3v) is 5.22. The number of hydrogen-bond acceptors (Lipinski definition) is 2. The molecule has 0 aromatic heterocycles. The first-order valence-electron chi connectivity index (χ1n) is 8.68. The maximum absolute atomic E-state index is 12.5. The highest BCUT2D eigenvalue weighted by molar-refractivity contribution is 5.92. The number of hydrogen-bond donors (Lipinski definition) is 1. The van der Waals surface area contributed by atoms with E-state index >= 15 is 0 Å². The number of carbonyl (C=O) groups excluding carboxylic acids is 1. The van der Waals surface area contributed by atoms with Crippen molar-refractivity contribution in [3.05, 3.63) is 59.7 Å². The molecular formula is C20H23N3O. The number of fused-ring (bicyclic) bond motifs is 1. The van der Waals surface area contributed by atoms with Gasteiger partial charge in [0.2, 0.25) is 0 Å². The largest absolute Gasteiger partial charge is 0.371 e. The van der Waals surface area contributed by atoms with Crippen molar-refractivity contribution in [1.82, 2.24) is 4.90 Å². The number of anilines is 2. The van der Waals surface area contributed by atoms with Crippen LogP contribution in [0.25, 0.3) is 0 Å². The van der Waals surface area contributed by atoms with E-state index in [-0.39, 0.29) is 6.03 Å². The van der Waals surface area contributed by atoms with E-state index in [1.807, 2.05) is 23.1 Å². The maximum atomic E-state index is 12.5. The Balaban J connectivity index is 1.45. The zero-order valence-corrected chi connectivity index (χ0v) is 14.0. The molecule has 2 amide bonds. The van der Waals surface area contributed by atoms with Crippen LogP contribution in [0, 0.1) is 6.92 Å². The molecular weight excluding hydrogens is 298 g/mol. The second-order valence-electron chi connectivity index (χ2n) is 6.72. The van der Waals surface area contributed by atoms with Crippen molar-refractivity contribution in [2.75, 3.05) is 23.3 Å². The molecule has 0 saturated carbocycles. The lowest BCUT2D eigenvalue weighted by Gasteiger charge is -2.41. The summed E-state index contributed by atoms with van der Waals surface area (Å²) in [4.78, 5) is 16.9. The Kier molecular flexibility index (Phi) is 3.89. The molecule has 1 fully saturated rings. The first-order chi connectivity index (χ1) is 11.7. The minimum atomic E-state index is 0.0445. The van der Waals surface area contributed by atoms with Crippen LogP contribution in [-0.2, 0) is 6.54 Å². The van der Waals surface area contributed by atoms with Crippen molar-refractivity contribution in [1.29, 1.82) is 0 Å². The maximum Gasteiger partial charge on any atom is 0.322 e. The molecule has 2 aromatic rings. The molecule has 0 atom stereocenters. The van der Waals surface area contributed by atoms with Gasteiger partial charge in [-0.3, -0.25) is 0 Å². The summed E-state index contributed by atoms with van der Waals surface area (Å²) >= 11 is 0. The Morgan fingerprint density at radius 1 is 1.00 bits per heavy atom. The molecule has 4 nitrogen and oxygen atoms in total. The van der Waals surface area contributed by atoms with E-state index in [1.54, 1.807) is 0 Å². The number of nitrogens with one attached hydrogen (secondary N) is 1. The van der Waals surface area contributed by atoms with Crippen molar-refractivity contribution in [3.63, 3.8) is 0 Å². The monoisotopic (exact) mass is 321 g/mol. The number of amides is 2. The number of carbonyl (C=O) groups is 1. The van der Waals surface area contributed by atoms with Crippen LogP contribution in [0.3, 0.4) is 0 Å². The third kappa shape index (κ3) is 2.73. The molecule has 0 spiro atoms. The van der Waals surface area contributed by atoms with Gasteiger partial charge in [0.15, 0.2) is 0 Å². The smallest absolute Gasteiger partial charge is 0.322 e. The second-order valence-corrected chi connectivity index (χ2v) is 6.72. The number of para-hydroxylation sites is 2. The first-order valence-corrected chi connectivity index (χ1v) is 8.68. The molecule has 0 radical (unpaired) electrons. The van der Waals surface area contributed by atoms with E-state index in [0.717, 1.165) is 38.2 Å². The number of urea groups is 1. The normalized spacial score (nSPS) is 18.3. The third-order valence-electron chi connectivity index (χ3n) is 5.22. The van der Waals surface area contributed by atoms with Gasteiger partial charge in [0, 0.05) is 37.1 Å². The fraction of sp³-hybridized carbons (Fsp3) is 0.350. The van der Waals surface area contributed by atoms with Crippen molar-refractivity contribution < 1.29 is 4.79 Å². The van der Waals surface area contributed by atoms with Crippen LogP contribution in [0.5, 0.6) is 0 Å². The lowest BCUT2D eigenvalue weighted by Crippen LogP contribution is -2.50. The molecule has 4 rings (SSSR count). The summed E-state index contributed by atoms with van der Waals surface area (Å²) in [6, 6.07) is 17.0. The highest BCUT2D eigenvalue weighted by Gasteiger charge is 2.31. The number of nitrogens with zero attached hydrogens (tertiary/aromatic N) is 2. The molecule has 0 bridgehead atoms. The molecule has 2 aliphatic rings. The van der Waals surface area contributed by atoms with Crippen LogP contribution in [0.4, 0.5) is 16.2 Å². The highest BCUT2D eigenvalue weighted by atomic mass is 16.2. The van der Waals surface area contributed by atoms with Crippen LogP contribution in [0.1, 0.15) is 24.0 Å². The average molecular weight is 321 g/mol. The van der Waals surface area contributed by atoms with E-state index in [4.69, 9.17) is 0 Å². The predicted molar refractivity (Wildman–Crippen MR) is 97.4 cm³/mol. The second kappa shape index (κ2) is 6.19. The zero-order chi connectivity index (χ0) is 16.5. The Hall–Kier alpha value is -2.49. The van der Waals surface area contributed by atoms with E-state index in [9.17, 15) is 4.79 Å². The molecule has 2 aliphatic heterocycles. The van der Waals surface area contributed by atoms with E-state index in [0.29, 0.717) is 6.04 Å². The Morgan fingerprint density at radius 2 is 1.71 bits per heavy atom. The quantitative estimate of drug-likeness (QED) is 0.907. The molecule has 2 aromatic carbocycles. The van der Waals surface area contributed by atoms with Gasteiger partial charge in [0.1, 0.15) is 0 Å². The van der Waals surface area contributed by atoms with Gasteiger partial charge in [-0.15, -0.1) is 0 Å². The van der Waals surface area contributed by atoms with Gasteiger partial charge in [0.25, 0.3) is 0 Å². The van der Waals surface area contributed by atoms with Crippen LogP contribution in [-0.4, -0.2) is 30.1 Å². The summed E-state index contributed by atoms with van der Waals surface area (Å²) in [5.41, 5.74) is 4.81. The molecule has 2 heterocycles. The van der Waals surface area contributed by atoms with Gasteiger partial charge in [-0.25, -0.2) is 4.79 Å². The minimum Gasteiger partial charge on any atom is -0.371 e. The molecule has 4 heteroatoms. The standard InChI is InChI=1S/C20H23N3O/c1-15-6-2-5-9-19(15)22-12-10-17(11-13-22)23-14-16-7-3-4-8-18(16)21-20(23)24/h2-9,17H,10-14H2,1H3,(H,21,24). The number of rotatable bonds is 2. The first kappa shape index (κ1) is 15.1. The van der Waals surface area contributed by atoms with Crippen LogP contribution >= 0.6 is 0 Å². The fourth-order valence-corrected chi connectivity index (χ4v) is 3.85. The molecule has 0 aliphatic carbocycles. The van der Waals surface area contributed by atoms with E-state index in [1.165, 1.54) is 16.8 Å². The number of aryl methyl sites for hydroxylation is 1. The molecule has 24 heavy (non-hydrogen) atoms. The van der Waals surface area contributed by atoms with Crippen LogP contribution in [0.15, 0.2) is 48.5 Å². The lowest BCUT2D eigenvalue weighted by atomic mass is 10.00. The Bertz CT molecular complexity index is 750. The molecule has 1 saturated heterocycles. The van der Waals surface area contributed by atoms with Crippen molar-refractivity contribution in [2.45, 2.75) is 32.4 Å². The minimum absolute atomic E-state index is 0.0445. The van der Waals surface area contributed by atoms with E-state index in [2.05, 4.69) is 47.5 Å². The number of benzene rings is 2. The summed E-state index contributed by atoms with van der Waals surface area (Å²) < 4.78 is 0. The van der Waals surface area contributed by atoms with Crippen LogP contribution in [0.2, 0.25) is 0 Å². The van der Waals surface area contributed by atoms with Crippen molar-refractivity contribution in [3.8, 4) is 0 Å². The molecule has 124 valence electrons. The van der Waals surface area contributed by atoms with E-state index < -0.39 is 0 Å². The summed E-state index contributed by atoms with van der Waals surface area (Å²) in [5.74, 6) is 0. The molecule has 0 unspecified atom stereocenters. The zero-order valence-electron chi connectivity index (χ0n) is 14.0. The van der Waals surface area contributed by atoms with Gasteiger partial charge in [0.05, 0.1) is 0 Å². The summed E-state index contributed by atoms with van der Waals surface area (Å²) in [6.07, 6.45) is 2.04. The SMILES string of the molecule is Cc1ccccc1N1CCC(N2Cc3ccccc3NC2=O)CC1. The topological polar surface area (TPSA) is 35.6 Å². The van der Waals surface area contributed by atoms with Crippen molar-refractivity contribution >= 4 is 17.4 Å². The summed E-state index contributed by atoms with van der Waals surface area (Å²) in [7, 11) is 0. The van der Waals surface area contributed by atoms with Gasteiger partial charge >= 0.3 is 6.03 Å². The average Bonchev–Trinajstić information content (AvgIpc) is 2.62. The predicted octanol–water partition coefficient (Wildman–Crippen LogP) is 4.01. The fourth-order valence-electron chi connectivity index (χ4n) is 3.85. The van der Waals surface area contributed by atoms with Gasteiger partial charge in [-0.1, -0.05) is 36.4 Å². The van der Waals surface area contributed by atoms with Gasteiger partial charge < -0.3 is 15.1 Å². The lowest BCUT2D eigenvalue weighted by molar-refractivity contribution is 0.167. The highest BCUT2D eigenvalue weighted by Crippen LogP contribution is 2.29. The summed E-state index contributed by atoms with van der Waals surface area (Å²) in [5, 5.41) is 3.03.